The Morgan fingerprint density at radius 3 is 2.79 bits per heavy atom. The number of hydrogen-bond acceptors (Lipinski definition) is 6. The largest absolute Gasteiger partial charge is 0.398 e. The van der Waals surface area contributed by atoms with E-state index in [0.717, 1.165) is 21.6 Å². The summed E-state index contributed by atoms with van der Waals surface area (Å²) in [6.07, 6.45) is 0. The number of nitrogen functional groups attached to an aromatic ring is 1. The lowest BCUT2D eigenvalue weighted by Crippen LogP contribution is -2.11. The number of nitrogens with one attached hydrogen (secondary N) is 1. The van der Waals surface area contributed by atoms with Crippen LogP contribution in [0.15, 0.2) is 39.4 Å². The van der Waals surface area contributed by atoms with Crippen LogP contribution in [-0.4, -0.2) is 13.4 Å². The molecule has 1 aromatic carbocycles. The number of nitrogens with zero attached hydrogens (tertiary/aromatic N) is 1. The average Bonchev–Trinajstić information content (AvgIpc) is 2.96. The highest BCUT2D eigenvalue weighted by molar-refractivity contribution is 7.94. The van der Waals surface area contributed by atoms with Gasteiger partial charge < -0.3 is 5.73 Å². The quantitative estimate of drug-likeness (QED) is 0.779. The summed E-state index contributed by atoms with van der Waals surface area (Å²) in [5.41, 5.74) is 9.09. The van der Waals surface area contributed by atoms with Gasteiger partial charge in [0.2, 0.25) is 0 Å². The molecule has 2 aromatic heterocycles. The maximum Gasteiger partial charge on any atom is 0.271 e. The van der Waals surface area contributed by atoms with Crippen LogP contribution in [0.4, 0.5) is 11.4 Å². The molecule has 3 aromatic rings. The summed E-state index contributed by atoms with van der Waals surface area (Å²) in [7, 11) is -3.57. The number of aromatic nitrogens is 1. The molecular formula is C11H9N3O2S3. The van der Waals surface area contributed by atoms with Gasteiger partial charge >= 0.3 is 0 Å². The molecule has 0 spiro atoms. The van der Waals surface area contributed by atoms with Crippen LogP contribution in [0, 0.1) is 0 Å². The number of rotatable bonds is 3. The molecule has 8 heteroatoms. The zero-order valence-electron chi connectivity index (χ0n) is 9.53. The molecule has 0 amide bonds. The highest BCUT2D eigenvalue weighted by atomic mass is 32.2. The monoisotopic (exact) mass is 311 g/mol. The summed E-state index contributed by atoms with van der Waals surface area (Å²) >= 11 is 2.56. The third kappa shape index (κ3) is 2.42. The summed E-state index contributed by atoms with van der Waals surface area (Å²) in [5, 5.41) is 1.60. The molecule has 0 saturated carbocycles. The molecule has 0 saturated heterocycles. The molecule has 0 aliphatic rings. The SMILES string of the molecule is Nc1csc(S(=O)(=O)Nc2ccc3ncsc3c2)c1. The highest BCUT2D eigenvalue weighted by Gasteiger charge is 2.16. The Kier molecular flexibility index (Phi) is 2.92. The molecule has 0 atom stereocenters. The summed E-state index contributed by atoms with van der Waals surface area (Å²) < 4.78 is 27.9. The van der Waals surface area contributed by atoms with Crippen LogP contribution in [-0.2, 0) is 10.0 Å². The van der Waals surface area contributed by atoms with E-state index in [1.165, 1.54) is 17.4 Å². The van der Waals surface area contributed by atoms with Gasteiger partial charge in [-0.15, -0.1) is 22.7 Å². The standard InChI is InChI=1S/C11H9N3O2S3/c12-7-3-11(17-5-7)19(15,16)14-8-1-2-9-10(4-8)18-6-13-9/h1-6,14H,12H2. The predicted octanol–water partition coefficient (Wildman–Crippen LogP) is 2.74. The van der Waals surface area contributed by atoms with E-state index < -0.39 is 10.0 Å². The van der Waals surface area contributed by atoms with Gasteiger partial charge in [-0.25, -0.2) is 13.4 Å². The first-order valence-electron chi connectivity index (χ1n) is 5.25. The highest BCUT2D eigenvalue weighted by Crippen LogP contribution is 2.26. The van der Waals surface area contributed by atoms with Crippen LogP contribution in [0.2, 0.25) is 0 Å². The predicted molar refractivity (Wildman–Crippen MR) is 79.2 cm³/mol. The molecule has 2 heterocycles. The van der Waals surface area contributed by atoms with Crippen LogP contribution in [0.1, 0.15) is 0 Å². The second-order valence-corrected chi connectivity index (χ2v) is 7.55. The summed E-state index contributed by atoms with van der Waals surface area (Å²) in [4.78, 5) is 4.14. The summed E-state index contributed by atoms with van der Waals surface area (Å²) in [6, 6.07) is 6.68. The molecule has 0 radical (unpaired) electrons. The Labute approximate surface area is 117 Å². The van der Waals surface area contributed by atoms with Crippen molar-refractivity contribution in [3.8, 4) is 0 Å². The van der Waals surface area contributed by atoms with Crippen molar-refractivity contribution in [2.45, 2.75) is 4.21 Å². The lowest BCUT2D eigenvalue weighted by molar-refractivity contribution is 0.603. The second-order valence-electron chi connectivity index (χ2n) is 3.84. The zero-order valence-corrected chi connectivity index (χ0v) is 12.0. The second kappa shape index (κ2) is 4.48. The number of thiazole rings is 1. The minimum absolute atomic E-state index is 0.203. The summed E-state index contributed by atoms with van der Waals surface area (Å²) in [5.74, 6) is 0. The van der Waals surface area contributed by atoms with Crippen molar-refractivity contribution in [1.82, 2.24) is 4.98 Å². The van der Waals surface area contributed by atoms with Crippen molar-refractivity contribution in [3.05, 3.63) is 35.2 Å². The van der Waals surface area contributed by atoms with Crippen molar-refractivity contribution in [2.24, 2.45) is 0 Å². The number of nitrogens with two attached hydrogens (primary N) is 1. The van der Waals surface area contributed by atoms with Crippen LogP contribution < -0.4 is 10.5 Å². The first kappa shape index (κ1) is 12.4. The third-order valence-electron chi connectivity index (χ3n) is 2.44. The van der Waals surface area contributed by atoms with Crippen LogP contribution in [0.3, 0.4) is 0 Å². The topological polar surface area (TPSA) is 85.1 Å². The molecule has 0 aliphatic heterocycles. The molecule has 0 unspecified atom stereocenters. The van der Waals surface area contributed by atoms with E-state index in [1.807, 2.05) is 0 Å². The first-order chi connectivity index (χ1) is 9.04. The van der Waals surface area contributed by atoms with E-state index in [4.69, 9.17) is 5.73 Å². The van der Waals surface area contributed by atoms with Gasteiger partial charge in [0.05, 0.1) is 21.4 Å². The molecule has 0 fully saturated rings. The van der Waals surface area contributed by atoms with Crippen LogP contribution >= 0.6 is 22.7 Å². The van der Waals surface area contributed by atoms with Crippen LogP contribution in [0.25, 0.3) is 10.2 Å². The van der Waals surface area contributed by atoms with Gasteiger partial charge in [0.1, 0.15) is 4.21 Å². The fraction of sp³-hybridized carbons (Fsp3) is 0. The van der Waals surface area contributed by atoms with Crippen molar-refractivity contribution < 1.29 is 8.42 Å². The van der Waals surface area contributed by atoms with E-state index in [1.54, 1.807) is 29.1 Å². The van der Waals surface area contributed by atoms with E-state index in [2.05, 4.69) is 9.71 Å². The normalized spacial score (nSPS) is 11.8. The van der Waals surface area contributed by atoms with Gasteiger partial charge in [-0.1, -0.05) is 0 Å². The number of benzene rings is 1. The molecule has 19 heavy (non-hydrogen) atoms. The molecule has 3 rings (SSSR count). The molecule has 98 valence electrons. The first-order valence-corrected chi connectivity index (χ1v) is 8.49. The van der Waals surface area contributed by atoms with Gasteiger partial charge in [0, 0.05) is 11.1 Å². The minimum atomic E-state index is -3.57. The Balaban J connectivity index is 1.95. The van der Waals surface area contributed by atoms with Crippen molar-refractivity contribution in [1.29, 1.82) is 0 Å². The Hall–Kier alpha value is -1.64. The van der Waals surface area contributed by atoms with Gasteiger partial charge in [-0.3, -0.25) is 4.72 Å². The lowest BCUT2D eigenvalue weighted by atomic mass is 10.3. The van der Waals surface area contributed by atoms with Gasteiger partial charge in [0.25, 0.3) is 10.0 Å². The number of sulfonamides is 1. The number of thiophene rings is 1. The number of fused-ring (bicyclic) bond motifs is 1. The van der Waals surface area contributed by atoms with E-state index in [9.17, 15) is 8.42 Å². The number of hydrogen-bond donors (Lipinski definition) is 2. The third-order valence-corrected chi connectivity index (χ3v) is 6.07. The van der Waals surface area contributed by atoms with Gasteiger partial charge in [-0.05, 0) is 24.3 Å². The maximum atomic E-state index is 12.1. The van der Waals surface area contributed by atoms with E-state index in [0.29, 0.717) is 11.4 Å². The van der Waals surface area contributed by atoms with Crippen LogP contribution in [0.5, 0.6) is 0 Å². The van der Waals surface area contributed by atoms with Crippen molar-refractivity contribution in [3.63, 3.8) is 0 Å². The van der Waals surface area contributed by atoms with Gasteiger partial charge in [0.15, 0.2) is 0 Å². The average molecular weight is 311 g/mol. The zero-order chi connectivity index (χ0) is 13.5. The lowest BCUT2D eigenvalue weighted by Gasteiger charge is -2.05. The molecule has 0 aliphatic carbocycles. The molecule has 3 N–H and O–H groups in total. The van der Waals surface area contributed by atoms with Gasteiger partial charge in [-0.2, -0.15) is 0 Å². The Morgan fingerprint density at radius 1 is 1.21 bits per heavy atom. The smallest absolute Gasteiger partial charge is 0.271 e. The molecular weight excluding hydrogens is 302 g/mol. The van der Waals surface area contributed by atoms with E-state index >= 15 is 0 Å². The fourth-order valence-corrected chi connectivity index (χ4v) is 4.44. The summed E-state index contributed by atoms with van der Waals surface area (Å²) in [6.45, 7) is 0. The van der Waals surface area contributed by atoms with Crippen molar-refractivity contribution in [2.75, 3.05) is 10.5 Å². The van der Waals surface area contributed by atoms with Crippen molar-refractivity contribution >= 4 is 54.3 Å². The molecule has 5 nitrogen and oxygen atoms in total. The fourth-order valence-electron chi connectivity index (χ4n) is 1.60. The number of anilines is 2. The Morgan fingerprint density at radius 2 is 2.05 bits per heavy atom. The Bertz CT molecular complexity index is 836. The minimum Gasteiger partial charge on any atom is -0.398 e. The van der Waals surface area contributed by atoms with E-state index in [-0.39, 0.29) is 4.21 Å². The molecule has 0 bridgehead atoms. The maximum absolute atomic E-state index is 12.1.